The van der Waals surface area contributed by atoms with Gasteiger partial charge in [-0.1, -0.05) is 62.4 Å². The average molecular weight is 512 g/mol. The lowest BCUT2D eigenvalue weighted by atomic mass is 9.84. The minimum atomic E-state index is -4.55. The predicted octanol–water partition coefficient (Wildman–Crippen LogP) is 8.56. The molecule has 37 heavy (non-hydrogen) atoms. The van der Waals surface area contributed by atoms with Crippen molar-refractivity contribution in [2.75, 3.05) is 0 Å². The van der Waals surface area contributed by atoms with Gasteiger partial charge < -0.3 is 5.11 Å². The summed E-state index contributed by atoms with van der Waals surface area (Å²) in [6.45, 7) is 5.12. The fourth-order valence-electron chi connectivity index (χ4n) is 4.52. The number of aliphatic hydroxyl groups excluding tert-OH is 1. The molecule has 1 unspecified atom stereocenters. The van der Waals surface area contributed by atoms with Crippen molar-refractivity contribution in [3.05, 3.63) is 112 Å². The summed E-state index contributed by atoms with van der Waals surface area (Å²) < 4.78 is 69.5. The van der Waals surface area contributed by atoms with Crippen LogP contribution in [0.15, 0.2) is 72.8 Å². The molecule has 0 fully saturated rings. The van der Waals surface area contributed by atoms with E-state index in [4.69, 9.17) is 4.98 Å². The van der Waals surface area contributed by atoms with E-state index in [1.165, 1.54) is 24.3 Å². The fourth-order valence-corrected chi connectivity index (χ4v) is 4.52. The Kier molecular flexibility index (Phi) is 7.46. The first-order valence-corrected chi connectivity index (χ1v) is 11.8. The van der Waals surface area contributed by atoms with Gasteiger partial charge in [0, 0.05) is 16.7 Å². The fraction of sp³-hybridized carbons (Fsp3) is 0.233. The van der Waals surface area contributed by atoms with Crippen molar-refractivity contribution in [3.8, 4) is 22.4 Å². The maximum absolute atomic E-state index is 16.4. The summed E-state index contributed by atoms with van der Waals surface area (Å²) >= 11 is 0. The summed E-state index contributed by atoms with van der Waals surface area (Å²) in [7, 11) is 0. The molecule has 192 valence electrons. The van der Waals surface area contributed by atoms with E-state index in [0.29, 0.717) is 28.1 Å². The maximum Gasteiger partial charge on any atom is 0.416 e. The van der Waals surface area contributed by atoms with Gasteiger partial charge in [0.25, 0.3) is 0 Å². The van der Waals surface area contributed by atoms with Gasteiger partial charge in [-0.15, -0.1) is 0 Å². The van der Waals surface area contributed by atoms with Gasteiger partial charge in [0.1, 0.15) is 5.82 Å². The van der Waals surface area contributed by atoms with Gasteiger partial charge in [-0.3, -0.25) is 4.98 Å². The molecule has 4 aromatic rings. The highest BCUT2D eigenvalue weighted by atomic mass is 19.4. The number of pyridine rings is 1. The van der Waals surface area contributed by atoms with Crippen molar-refractivity contribution < 1.29 is 27.1 Å². The van der Waals surface area contributed by atoms with Gasteiger partial charge in [0.05, 0.1) is 23.6 Å². The summed E-state index contributed by atoms with van der Waals surface area (Å²) in [5.41, 5.74) is 3.00. The Morgan fingerprint density at radius 2 is 1.51 bits per heavy atom. The van der Waals surface area contributed by atoms with Gasteiger partial charge in [-0.05, 0) is 59.4 Å². The molecule has 1 aromatic heterocycles. The molecular formula is C30H26F5NO. The van der Waals surface area contributed by atoms with Crippen molar-refractivity contribution in [1.29, 1.82) is 0 Å². The molecule has 0 aliphatic carbocycles. The van der Waals surface area contributed by atoms with Crippen LogP contribution in [0.5, 0.6) is 0 Å². The van der Waals surface area contributed by atoms with Crippen LogP contribution in [0.4, 0.5) is 22.0 Å². The number of aliphatic hydroxyl groups is 1. The number of nitrogens with zero attached hydrogens (tertiary/aromatic N) is 1. The van der Waals surface area contributed by atoms with Gasteiger partial charge in [-0.2, -0.15) is 13.2 Å². The van der Waals surface area contributed by atoms with Crippen molar-refractivity contribution in [2.45, 2.75) is 45.6 Å². The first kappa shape index (κ1) is 26.5. The minimum Gasteiger partial charge on any atom is -0.392 e. The molecule has 0 spiro atoms. The standard InChI is InChI=1S/C30H26F5NO/c1-17(2)28-26(27(32)20-8-12-21(13-9-20)30(33,34)35)25(19-10-14-22(31)15-11-19)24(16-37)29(36-28)23-7-5-4-6-18(23)3/h4-15,17,27,37H,16H2,1-3H3. The predicted molar refractivity (Wildman–Crippen MR) is 134 cm³/mol. The molecule has 0 aliphatic rings. The summed E-state index contributed by atoms with van der Waals surface area (Å²) in [6, 6.07) is 16.9. The summed E-state index contributed by atoms with van der Waals surface area (Å²) in [4.78, 5) is 4.83. The number of halogens is 5. The lowest BCUT2D eigenvalue weighted by Gasteiger charge is -2.25. The molecule has 0 aliphatic heterocycles. The number of hydrogen-bond acceptors (Lipinski definition) is 2. The Bertz CT molecular complexity index is 1390. The zero-order valence-corrected chi connectivity index (χ0v) is 20.6. The lowest BCUT2D eigenvalue weighted by Crippen LogP contribution is -2.12. The van der Waals surface area contributed by atoms with Crippen LogP contribution in [0.3, 0.4) is 0 Å². The minimum absolute atomic E-state index is 0.0209. The molecule has 0 saturated carbocycles. The highest BCUT2D eigenvalue weighted by molar-refractivity contribution is 5.81. The molecule has 1 N–H and O–H groups in total. The third kappa shape index (κ3) is 5.27. The average Bonchev–Trinajstić information content (AvgIpc) is 2.87. The molecule has 3 aromatic carbocycles. The Morgan fingerprint density at radius 1 is 0.892 bits per heavy atom. The summed E-state index contributed by atoms with van der Waals surface area (Å²) in [6.07, 6.45) is -6.39. The molecule has 1 heterocycles. The number of hydrogen-bond donors (Lipinski definition) is 1. The van der Waals surface area contributed by atoms with Crippen LogP contribution in [0, 0.1) is 12.7 Å². The second-order valence-corrected chi connectivity index (χ2v) is 9.23. The van der Waals surface area contributed by atoms with E-state index in [2.05, 4.69) is 0 Å². The molecule has 0 saturated heterocycles. The summed E-state index contributed by atoms with van der Waals surface area (Å²) in [5, 5.41) is 10.5. The molecule has 0 radical (unpaired) electrons. The normalized spacial score (nSPS) is 12.7. The van der Waals surface area contributed by atoms with Crippen molar-refractivity contribution in [3.63, 3.8) is 0 Å². The van der Waals surface area contributed by atoms with Crippen LogP contribution >= 0.6 is 0 Å². The van der Waals surface area contributed by atoms with E-state index in [-0.39, 0.29) is 17.0 Å². The first-order valence-electron chi connectivity index (χ1n) is 11.8. The van der Waals surface area contributed by atoms with Gasteiger partial charge >= 0.3 is 6.18 Å². The quantitative estimate of drug-likeness (QED) is 0.263. The Labute approximate surface area is 212 Å². The first-order chi connectivity index (χ1) is 17.5. The molecule has 2 nitrogen and oxygen atoms in total. The molecule has 0 amide bonds. The number of alkyl halides is 4. The second kappa shape index (κ2) is 10.4. The van der Waals surface area contributed by atoms with Crippen LogP contribution < -0.4 is 0 Å². The zero-order chi connectivity index (χ0) is 26.9. The largest absolute Gasteiger partial charge is 0.416 e. The zero-order valence-electron chi connectivity index (χ0n) is 20.6. The van der Waals surface area contributed by atoms with Gasteiger partial charge in [0.15, 0.2) is 6.17 Å². The highest BCUT2D eigenvalue weighted by Crippen LogP contribution is 2.44. The van der Waals surface area contributed by atoms with E-state index in [1.807, 2.05) is 45.0 Å². The highest BCUT2D eigenvalue weighted by Gasteiger charge is 2.32. The van der Waals surface area contributed by atoms with Crippen LogP contribution in [0.2, 0.25) is 0 Å². The summed E-state index contributed by atoms with van der Waals surface area (Å²) in [5.74, 6) is -0.745. The smallest absolute Gasteiger partial charge is 0.392 e. The maximum atomic E-state index is 16.4. The topological polar surface area (TPSA) is 33.1 Å². The molecule has 1 atom stereocenters. The lowest BCUT2D eigenvalue weighted by molar-refractivity contribution is -0.137. The Balaban J connectivity index is 2.05. The number of aromatic nitrogens is 1. The van der Waals surface area contributed by atoms with Crippen LogP contribution in [-0.4, -0.2) is 10.1 Å². The van der Waals surface area contributed by atoms with Gasteiger partial charge in [-0.25, -0.2) is 8.78 Å². The molecule has 7 heteroatoms. The van der Waals surface area contributed by atoms with Crippen molar-refractivity contribution in [2.24, 2.45) is 0 Å². The van der Waals surface area contributed by atoms with Crippen LogP contribution in [0.25, 0.3) is 22.4 Å². The number of benzene rings is 3. The van der Waals surface area contributed by atoms with E-state index in [1.54, 1.807) is 0 Å². The third-order valence-electron chi connectivity index (χ3n) is 6.39. The molecule has 4 rings (SSSR count). The van der Waals surface area contributed by atoms with Gasteiger partial charge in [0.2, 0.25) is 0 Å². The Morgan fingerprint density at radius 3 is 2.05 bits per heavy atom. The number of aryl methyl sites for hydroxylation is 1. The van der Waals surface area contributed by atoms with Crippen molar-refractivity contribution >= 4 is 0 Å². The molecular weight excluding hydrogens is 485 g/mol. The second-order valence-electron chi connectivity index (χ2n) is 9.23. The van der Waals surface area contributed by atoms with Crippen LogP contribution in [0.1, 0.15) is 59.4 Å². The van der Waals surface area contributed by atoms with Crippen LogP contribution in [-0.2, 0) is 12.8 Å². The third-order valence-corrected chi connectivity index (χ3v) is 6.39. The van der Waals surface area contributed by atoms with E-state index in [9.17, 15) is 22.7 Å². The molecule has 0 bridgehead atoms. The van der Waals surface area contributed by atoms with Crippen molar-refractivity contribution in [1.82, 2.24) is 4.98 Å². The van der Waals surface area contributed by atoms with E-state index in [0.717, 1.165) is 35.4 Å². The van der Waals surface area contributed by atoms with E-state index >= 15 is 4.39 Å². The SMILES string of the molecule is Cc1ccccc1-c1nc(C(C)C)c(C(F)c2ccc(C(F)(F)F)cc2)c(-c2ccc(F)cc2)c1CO. The monoisotopic (exact) mass is 511 g/mol. The Hall–Kier alpha value is -3.58. The van der Waals surface area contributed by atoms with E-state index < -0.39 is 30.3 Å². The number of rotatable bonds is 6.